The van der Waals surface area contributed by atoms with E-state index in [2.05, 4.69) is 5.32 Å². The van der Waals surface area contributed by atoms with Crippen LogP contribution in [0.15, 0.2) is 66.7 Å². The first kappa shape index (κ1) is 21.7. The van der Waals surface area contributed by atoms with Crippen LogP contribution < -0.4 is 10.2 Å². The largest absolute Gasteiger partial charge is 0.452 e. The maximum absolute atomic E-state index is 12.8. The number of amides is 3. The van der Waals surface area contributed by atoms with Crippen LogP contribution in [0.4, 0.5) is 11.4 Å². The van der Waals surface area contributed by atoms with Crippen LogP contribution >= 0.6 is 11.6 Å². The Labute approximate surface area is 192 Å². The van der Waals surface area contributed by atoms with E-state index >= 15 is 0 Å². The summed E-state index contributed by atoms with van der Waals surface area (Å²) in [6, 6.07) is 18.4. The van der Waals surface area contributed by atoms with Crippen molar-refractivity contribution in [3.05, 3.63) is 94.0 Å². The molecular formula is C24H14ClN3O5. The molecule has 1 heterocycles. The summed E-state index contributed by atoms with van der Waals surface area (Å²) in [6.07, 6.45) is 0. The lowest BCUT2D eigenvalue weighted by Gasteiger charge is -2.13. The van der Waals surface area contributed by atoms with Crippen LogP contribution in [-0.4, -0.2) is 30.3 Å². The number of carbonyl (C=O) groups excluding carboxylic acids is 4. The van der Waals surface area contributed by atoms with E-state index in [9.17, 15) is 19.2 Å². The minimum absolute atomic E-state index is 0.0205. The Balaban J connectivity index is 1.44. The Morgan fingerprint density at radius 3 is 2.42 bits per heavy atom. The molecule has 0 unspecified atom stereocenters. The van der Waals surface area contributed by atoms with Gasteiger partial charge in [0.25, 0.3) is 17.7 Å². The van der Waals surface area contributed by atoms with Gasteiger partial charge in [-0.3, -0.25) is 14.4 Å². The highest BCUT2D eigenvalue weighted by atomic mass is 35.5. The van der Waals surface area contributed by atoms with Gasteiger partial charge in [-0.05, 0) is 60.7 Å². The number of hydrogen-bond donors (Lipinski definition) is 1. The molecule has 3 amide bonds. The fourth-order valence-corrected chi connectivity index (χ4v) is 3.40. The fourth-order valence-electron chi connectivity index (χ4n) is 3.27. The van der Waals surface area contributed by atoms with Crippen LogP contribution in [0, 0.1) is 11.3 Å². The third-order valence-corrected chi connectivity index (χ3v) is 5.07. The second-order valence-electron chi connectivity index (χ2n) is 7.00. The van der Waals surface area contributed by atoms with Gasteiger partial charge in [-0.1, -0.05) is 17.7 Å². The van der Waals surface area contributed by atoms with E-state index in [0.29, 0.717) is 22.0 Å². The summed E-state index contributed by atoms with van der Waals surface area (Å²) < 4.78 is 5.02. The molecule has 3 aromatic carbocycles. The molecule has 33 heavy (non-hydrogen) atoms. The van der Waals surface area contributed by atoms with E-state index in [1.54, 1.807) is 42.5 Å². The molecule has 4 rings (SSSR count). The van der Waals surface area contributed by atoms with Gasteiger partial charge < -0.3 is 10.1 Å². The van der Waals surface area contributed by atoms with Gasteiger partial charge in [-0.2, -0.15) is 5.26 Å². The number of hydrogen-bond acceptors (Lipinski definition) is 6. The van der Waals surface area contributed by atoms with E-state index in [1.165, 1.54) is 24.3 Å². The number of rotatable bonds is 5. The van der Waals surface area contributed by atoms with Crippen molar-refractivity contribution in [3.8, 4) is 6.07 Å². The number of fused-ring (bicyclic) bond motifs is 1. The molecule has 0 aromatic heterocycles. The number of nitriles is 1. The van der Waals surface area contributed by atoms with E-state index in [1.807, 2.05) is 6.07 Å². The highest BCUT2D eigenvalue weighted by Gasteiger charge is 2.37. The van der Waals surface area contributed by atoms with E-state index in [0.717, 1.165) is 4.90 Å². The lowest BCUT2D eigenvalue weighted by Crippen LogP contribution is -2.29. The summed E-state index contributed by atoms with van der Waals surface area (Å²) in [7, 11) is 0. The van der Waals surface area contributed by atoms with Gasteiger partial charge in [0.05, 0.1) is 34.0 Å². The SMILES string of the molecule is N#Cc1cccc(NC(=O)COC(=O)c2ccc3c(c2)C(=O)N(c2ccc(Cl)cc2)C3=O)c1. The van der Waals surface area contributed by atoms with E-state index in [-0.39, 0.29) is 16.7 Å². The molecule has 9 heteroatoms. The quantitative estimate of drug-likeness (QED) is 0.458. The Kier molecular flexibility index (Phi) is 5.89. The lowest BCUT2D eigenvalue weighted by molar-refractivity contribution is -0.119. The van der Waals surface area contributed by atoms with Crippen LogP contribution in [0.25, 0.3) is 0 Å². The maximum atomic E-state index is 12.8. The first-order valence-electron chi connectivity index (χ1n) is 9.63. The number of imide groups is 1. The zero-order valence-electron chi connectivity index (χ0n) is 16.9. The molecule has 0 aliphatic carbocycles. The minimum Gasteiger partial charge on any atom is -0.452 e. The summed E-state index contributed by atoms with van der Waals surface area (Å²) in [5.41, 5.74) is 1.34. The number of carbonyl (C=O) groups is 4. The summed E-state index contributed by atoms with van der Waals surface area (Å²) in [5, 5.41) is 11.9. The molecule has 1 N–H and O–H groups in total. The topological polar surface area (TPSA) is 117 Å². The Hall–Kier alpha value is -4.48. The van der Waals surface area contributed by atoms with Crippen LogP contribution in [0.3, 0.4) is 0 Å². The van der Waals surface area contributed by atoms with Gasteiger partial charge in [0.2, 0.25) is 0 Å². The third-order valence-electron chi connectivity index (χ3n) is 4.82. The van der Waals surface area contributed by atoms with Crippen LogP contribution in [0.5, 0.6) is 0 Å². The first-order valence-corrected chi connectivity index (χ1v) is 10.0. The van der Waals surface area contributed by atoms with Gasteiger partial charge >= 0.3 is 5.97 Å². The highest BCUT2D eigenvalue weighted by molar-refractivity contribution is 6.35. The van der Waals surface area contributed by atoms with E-state index in [4.69, 9.17) is 21.6 Å². The summed E-state index contributed by atoms with van der Waals surface area (Å²) in [4.78, 5) is 51.0. The van der Waals surface area contributed by atoms with Crippen molar-refractivity contribution in [1.29, 1.82) is 5.26 Å². The maximum Gasteiger partial charge on any atom is 0.338 e. The van der Waals surface area contributed by atoms with Gasteiger partial charge in [-0.15, -0.1) is 0 Å². The zero-order valence-corrected chi connectivity index (χ0v) is 17.6. The number of esters is 1. The van der Waals surface area contributed by atoms with Crippen LogP contribution in [0.1, 0.15) is 36.6 Å². The van der Waals surface area contributed by atoms with Crippen molar-refractivity contribution in [1.82, 2.24) is 0 Å². The first-order chi connectivity index (χ1) is 15.9. The Bertz CT molecular complexity index is 1340. The summed E-state index contributed by atoms with van der Waals surface area (Å²) in [6.45, 7) is -0.573. The predicted octanol–water partition coefficient (Wildman–Crippen LogP) is 3.81. The molecule has 162 valence electrons. The summed E-state index contributed by atoms with van der Waals surface area (Å²) >= 11 is 5.87. The number of anilines is 2. The lowest BCUT2D eigenvalue weighted by atomic mass is 10.1. The molecule has 8 nitrogen and oxygen atoms in total. The molecule has 0 saturated carbocycles. The Morgan fingerprint density at radius 1 is 0.970 bits per heavy atom. The fraction of sp³-hybridized carbons (Fsp3) is 0.0417. The van der Waals surface area contributed by atoms with Gasteiger partial charge in [-0.25, -0.2) is 9.69 Å². The second kappa shape index (κ2) is 8.94. The molecule has 0 fully saturated rings. The van der Waals surface area contributed by atoms with Crippen molar-refractivity contribution in [2.24, 2.45) is 0 Å². The molecule has 1 aliphatic heterocycles. The molecule has 3 aromatic rings. The standard InChI is InChI=1S/C24H14ClN3O5/c25-16-5-7-18(8-6-16)28-22(30)19-9-4-15(11-20(19)23(28)31)24(32)33-13-21(29)27-17-3-1-2-14(10-17)12-26/h1-11H,13H2,(H,27,29). The molecule has 1 aliphatic rings. The Morgan fingerprint density at radius 2 is 1.70 bits per heavy atom. The van der Waals surface area contributed by atoms with Crippen molar-refractivity contribution >= 4 is 46.7 Å². The van der Waals surface area contributed by atoms with Crippen molar-refractivity contribution in [3.63, 3.8) is 0 Å². The normalized spacial score (nSPS) is 12.2. The van der Waals surface area contributed by atoms with Crippen LogP contribution in [0.2, 0.25) is 5.02 Å². The molecule has 0 saturated heterocycles. The van der Waals surface area contributed by atoms with Crippen molar-refractivity contribution < 1.29 is 23.9 Å². The predicted molar refractivity (Wildman–Crippen MR) is 119 cm³/mol. The van der Waals surface area contributed by atoms with Gasteiger partial charge in [0.15, 0.2) is 6.61 Å². The smallest absolute Gasteiger partial charge is 0.338 e. The second-order valence-corrected chi connectivity index (χ2v) is 7.44. The molecule has 0 bridgehead atoms. The third kappa shape index (κ3) is 4.44. The molecule has 0 spiro atoms. The molecule has 0 radical (unpaired) electrons. The summed E-state index contributed by atoms with van der Waals surface area (Å²) in [5.74, 6) is -2.53. The van der Waals surface area contributed by atoms with Gasteiger partial charge in [0, 0.05) is 10.7 Å². The average Bonchev–Trinajstić information content (AvgIpc) is 3.07. The minimum atomic E-state index is -0.830. The van der Waals surface area contributed by atoms with Crippen LogP contribution in [-0.2, 0) is 9.53 Å². The molecular weight excluding hydrogens is 446 g/mol. The highest BCUT2D eigenvalue weighted by Crippen LogP contribution is 2.30. The number of nitrogens with one attached hydrogen (secondary N) is 1. The van der Waals surface area contributed by atoms with Gasteiger partial charge in [0.1, 0.15) is 0 Å². The molecule has 0 atom stereocenters. The van der Waals surface area contributed by atoms with Crippen molar-refractivity contribution in [2.45, 2.75) is 0 Å². The number of benzene rings is 3. The average molecular weight is 460 g/mol. The monoisotopic (exact) mass is 459 g/mol. The van der Waals surface area contributed by atoms with E-state index < -0.39 is 30.3 Å². The van der Waals surface area contributed by atoms with Crippen molar-refractivity contribution in [2.75, 3.05) is 16.8 Å². The number of halogens is 1. The number of nitrogens with zero attached hydrogens (tertiary/aromatic N) is 2. The zero-order chi connectivity index (χ0) is 23.5. The number of ether oxygens (including phenoxy) is 1.